The summed E-state index contributed by atoms with van der Waals surface area (Å²) in [5.41, 5.74) is 1.58. The van der Waals surface area contributed by atoms with Crippen molar-refractivity contribution < 1.29 is 22.4 Å². The SMILES string of the molecule is COc1ccc(Cl)c2sc(N(Cc3ccco3)C(=O)C3CCN(S(=O)(=O)c4ccc(C)cc4)CC3)nc12. The molecular formula is C26H26ClN3O5S2. The number of hydrogen-bond acceptors (Lipinski definition) is 7. The molecule has 5 rings (SSSR count). The van der Waals surface area contributed by atoms with Crippen LogP contribution in [-0.2, 0) is 21.4 Å². The molecule has 194 valence electrons. The van der Waals surface area contributed by atoms with Gasteiger partial charge in [0, 0.05) is 19.0 Å². The number of aromatic nitrogens is 1. The van der Waals surface area contributed by atoms with Gasteiger partial charge in [0.25, 0.3) is 0 Å². The summed E-state index contributed by atoms with van der Waals surface area (Å²) in [6.45, 7) is 2.65. The van der Waals surface area contributed by atoms with Crippen LogP contribution in [0.4, 0.5) is 5.13 Å². The number of furan rings is 1. The van der Waals surface area contributed by atoms with E-state index >= 15 is 0 Å². The Morgan fingerprint density at radius 1 is 1.19 bits per heavy atom. The van der Waals surface area contributed by atoms with Crippen LogP contribution in [0.1, 0.15) is 24.2 Å². The van der Waals surface area contributed by atoms with Gasteiger partial charge in [-0.05, 0) is 56.2 Å². The third kappa shape index (κ3) is 5.11. The molecule has 0 atom stereocenters. The second kappa shape index (κ2) is 10.4. The van der Waals surface area contributed by atoms with Crippen LogP contribution in [0.2, 0.25) is 5.02 Å². The summed E-state index contributed by atoms with van der Waals surface area (Å²) in [6.07, 6.45) is 2.38. The Morgan fingerprint density at radius 3 is 2.57 bits per heavy atom. The van der Waals surface area contributed by atoms with Crippen molar-refractivity contribution in [2.24, 2.45) is 5.92 Å². The van der Waals surface area contributed by atoms with E-state index in [9.17, 15) is 13.2 Å². The highest BCUT2D eigenvalue weighted by atomic mass is 35.5. The summed E-state index contributed by atoms with van der Waals surface area (Å²) in [7, 11) is -2.06. The van der Waals surface area contributed by atoms with Crippen LogP contribution in [0.25, 0.3) is 10.2 Å². The van der Waals surface area contributed by atoms with Gasteiger partial charge in [-0.25, -0.2) is 13.4 Å². The summed E-state index contributed by atoms with van der Waals surface area (Å²) in [5.74, 6) is 0.703. The molecule has 1 fully saturated rings. The lowest BCUT2D eigenvalue weighted by atomic mass is 9.96. The predicted octanol–water partition coefficient (Wildman–Crippen LogP) is 5.49. The molecule has 0 aliphatic carbocycles. The normalized spacial score (nSPS) is 15.2. The zero-order valence-corrected chi connectivity index (χ0v) is 22.8. The Hall–Kier alpha value is -2.92. The fourth-order valence-corrected chi connectivity index (χ4v) is 7.17. The molecule has 0 N–H and O–H groups in total. The predicted molar refractivity (Wildman–Crippen MR) is 144 cm³/mol. The fraction of sp³-hybridized carbons (Fsp3) is 0.308. The molecule has 3 heterocycles. The van der Waals surface area contributed by atoms with Crippen LogP contribution in [0.15, 0.2) is 64.1 Å². The maximum absolute atomic E-state index is 13.8. The number of methoxy groups -OCH3 is 1. The standard InChI is InChI=1S/C26H26ClN3O5S2/c1-17-5-7-20(8-6-17)37(32,33)29-13-11-18(12-14-29)25(31)30(16-19-4-3-15-35-19)26-28-23-22(34-2)10-9-21(27)24(23)36-26/h3-10,15,18H,11-14,16H2,1-2H3. The van der Waals surface area contributed by atoms with Gasteiger partial charge in [-0.3, -0.25) is 9.69 Å². The number of carbonyl (C=O) groups excluding carboxylic acids is 1. The van der Waals surface area contributed by atoms with Crippen LogP contribution < -0.4 is 9.64 Å². The highest BCUT2D eigenvalue weighted by molar-refractivity contribution is 7.89. The Balaban J connectivity index is 1.39. The van der Waals surface area contributed by atoms with Crippen molar-refractivity contribution in [1.82, 2.24) is 9.29 Å². The first-order chi connectivity index (χ1) is 17.8. The summed E-state index contributed by atoms with van der Waals surface area (Å²) in [4.78, 5) is 20.4. The van der Waals surface area contributed by atoms with Gasteiger partial charge < -0.3 is 9.15 Å². The number of anilines is 1. The van der Waals surface area contributed by atoms with Gasteiger partial charge >= 0.3 is 0 Å². The van der Waals surface area contributed by atoms with E-state index in [1.165, 1.54) is 15.6 Å². The number of thiazole rings is 1. The number of amides is 1. The first-order valence-corrected chi connectivity index (χ1v) is 14.4. The molecule has 2 aromatic carbocycles. The quantitative estimate of drug-likeness (QED) is 0.297. The third-order valence-electron chi connectivity index (χ3n) is 6.52. The second-order valence-electron chi connectivity index (χ2n) is 8.92. The molecule has 1 saturated heterocycles. The number of ether oxygens (including phenoxy) is 1. The first kappa shape index (κ1) is 25.7. The number of rotatable bonds is 7. The van der Waals surface area contributed by atoms with Gasteiger partial charge in [-0.1, -0.05) is 40.6 Å². The second-order valence-corrected chi connectivity index (χ2v) is 12.2. The molecule has 0 unspecified atom stereocenters. The van der Waals surface area contributed by atoms with E-state index in [0.717, 1.165) is 10.3 Å². The number of carbonyl (C=O) groups is 1. The fourth-order valence-electron chi connectivity index (χ4n) is 4.44. The lowest BCUT2D eigenvalue weighted by Gasteiger charge is -2.32. The minimum Gasteiger partial charge on any atom is -0.494 e. The van der Waals surface area contributed by atoms with E-state index in [4.69, 9.17) is 25.7 Å². The lowest BCUT2D eigenvalue weighted by molar-refractivity contribution is -0.123. The minimum atomic E-state index is -3.62. The number of hydrogen-bond donors (Lipinski definition) is 0. The van der Waals surface area contributed by atoms with Gasteiger partial charge in [0.05, 0.1) is 34.5 Å². The molecule has 0 saturated carbocycles. The van der Waals surface area contributed by atoms with Gasteiger partial charge in [0.1, 0.15) is 17.0 Å². The van der Waals surface area contributed by atoms with Gasteiger partial charge in [0.2, 0.25) is 15.9 Å². The molecule has 11 heteroatoms. The monoisotopic (exact) mass is 559 g/mol. The summed E-state index contributed by atoms with van der Waals surface area (Å²) < 4.78 is 39.4. The largest absolute Gasteiger partial charge is 0.494 e. The van der Waals surface area contributed by atoms with Crippen LogP contribution in [0.3, 0.4) is 0 Å². The zero-order valence-electron chi connectivity index (χ0n) is 20.4. The summed E-state index contributed by atoms with van der Waals surface area (Å²) in [6, 6.07) is 13.9. The van der Waals surface area contributed by atoms with E-state index < -0.39 is 10.0 Å². The van der Waals surface area contributed by atoms with E-state index in [1.807, 2.05) is 6.92 Å². The van der Waals surface area contributed by atoms with Crippen molar-refractivity contribution in [2.75, 3.05) is 25.1 Å². The Labute approximate surface area is 224 Å². The summed E-state index contributed by atoms with van der Waals surface area (Å²) >= 11 is 7.74. The van der Waals surface area contributed by atoms with Crippen molar-refractivity contribution in [2.45, 2.75) is 31.2 Å². The average molecular weight is 560 g/mol. The maximum atomic E-state index is 13.8. The minimum absolute atomic E-state index is 0.127. The number of piperidine rings is 1. The molecule has 1 amide bonds. The maximum Gasteiger partial charge on any atom is 0.243 e. The van der Waals surface area contributed by atoms with Crippen molar-refractivity contribution in [3.63, 3.8) is 0 Å². The molecule has 0 spiro atoms. The topological polar surface area (TPSA) is 93.0 Å². The molecular weight excluding hydrogens is 534 g/mol. The average Bonchev–Trinajstić information content (AvgIpc) is 3.58. The zero-order chi connectivity index (χ0) is 26.2. The number of sulfonamides is 1. The number of nitrogens with zero attached hydrogens (tertiary/aromatic N) is 3. The van der Waals surface area contributed by atoms with E-state index in [2.05, 4.69) is 0 Å². The van der Waals surface area contributed by atoms with Crippen molar-refractivity contribution in [3.8, 4) is 5.75 Å². The number of aryl methyl sites for hydroxylation is 1. The molecule has 1 aliphatic heterocycles. The van der Waals surface area contributed by atoms with Crippen molar-refractivity contribution in [3.05, 3.63) is 71.1 Å². The number of benzene rings is 2. The van der Waals surface area contributed by atoms with Gasteiger partial charge in [-0.2, -0.15) is 4.31 Å². The molecule has 0 radical (unpaired) electrons. The van der Waals surface area contributed by atoms with Crippen molar-refractivity contribution in [1.29, 1.82) is 0 Å². The molecule has 1 aliphatic rings. The van der Waals surface area contributed by atoms with Crippen LogP contribution in [0, 0.1) is 12.8 Å². The Bertz CT molecular complexity index is 1510. The molecule has 37 heavy (non-hydrogen) atoms. The molecule has 4 aromatic rings. The third-order valence-corrected chi connectivity index (χ3v) is 9.97. The smallest absolute Gasteiger partial charge is 0.243 e. The lowest BCUT2D eigenvalue weighted by Crippen LogP contribution is -2.44. The van der Waals surface area contributed by atoms with Crippen LogP contribution in [0.5, 0.6) is 5.75 Å². The number of halogens is 1. The van der Waals surface area contributed by atoms with E-state index in [0.29, 0.717) is 40.0 Å². The molecule has 0 bridgehead atoms. The van der Waals surface area contributed by atoms with Crippen LogP contribution >= 0.6 is 22.9 Å². The van der Waals surface area contributed by atoms with Crippen molar-refractivity contribution >= 4 is 54.2 Å². The van der Waals surface area contributed by atoms with E-state index in [1.54, 1.807) is 66.8 Å². The van der Waals surface area contributed by atoms with Gasteiger partial charge in [0.15, 0.2) is 5.13 Å². The highest BCUT2D eigenvalue weighted by Gasteiger charge is 2.35. The summed E-state index contributed by atoms with van der Waals surface area (Å²) in [5, 5.41) is 1.01. The number of fused-ring (bicyclic) bond motifs is 1. The molecule has 8 nitrogen and oxygen atoms in total. The first-order valence-electron chi connectivity index (χ1n) is 11.8. The molecule has 2 aromatic heterocycles. The Kier molecular flexibility index (Phi) is 7.26. The Morgan fingerprint density at radius 2 is 1.92 bits per heavy atom. The van der Waals surface area contributed by atoms with E-state index in [-0.39, 0.29) is 36.4 Å². The highest BCUT2D eigenvalue weighted by Crippen LogP contribution is 2.40. The van der Waals surface area contributed by atoms with Crippen LogP contribution in [-0.4, -0.2) is 43.8 Å². The van der Waals surface area contributed by atoms with Gasteiger partial charge in [-0.15, -0.1) is 0 Å².